The van der Waals surface area contributed by atoms with E-state index in [1.807, 2.05) is 36.4 Å². The van der Waals surface area contributed by atoms with Crippen LogP contribution in [0.2, 0.25) is 0 Å². The van der Waals surface area contributed by atoms with Crippen molar-refractivity contribution in [2.75, 3.05) is 26.3 Å². The summed E-state index contributed by atoms with van der Waals surface area (Å²) in [7, 11) is 0. The lowest BCUT2D eigenvalue weighted by Crippen LogP contribution is -2.39. The van der Waals surface area contributed by atoms with Gasteiger partial charge in [-0.2, -0.15) is 0 Å². The Kier molecular flexibility index (Phi) is 10.2. The summed E-state index contributed by atoms with van der Waals surface area (Å²) in [4.78, 5) is 25.9. The lowest BCUT2D eigenvalue weighted by molar-refractivity contribution is -0.149. The summed E-state index contributed by atoms with van der Waals surface area (Å²) in [6.07, 6.45) is 3.72. The predicted molar refractivity (Wildman–Crippen MR) is 132 cm³/mol. The molecule has 34 heavy (non-hydrogen) atoms. The van der Waals surface area contributed by atoms with E-state index in [9.17, 15) is 14.7 Å². The van der Waals surface area contributed by atoms with E-state index in [-0.39, 0.29) is 6.09 Å². The molecular formula is C26H32BrNO6. The number of nitrogens with zero attached hydrogens (tertiary/aromatic N) is 1. The van der Waals surface area contributed by atoms with Crippen molar-refractivity contribution in [3.8, 4) is 11.5 Å². The monoisotopic (exact) mass is 533 g/mol. The van der Waals surface area contributed by atoms with Crippen molar-refractivity contribution < 1.29 is 28.9 Å². The number of benzene rings is 2. The molecular weight excluding hydrogens is 502 g/mol. The predicted octanol–water partition coefficient (Wildman–Crippen LogP) is 5.55. The van der Waals surface area contributed by atoms with Gasteiger partial charge in [-0.1, -0.05) is 40.9 Å². The lowest BCUT2D eigenvalue weighted by Gasteiger charge is -2.25. The van der Waals surface area contributed by atoms with Crippen LogP contribution in [0.5, 0.6) is 11.5 Å². The molecule has 1 aliphatic carbocycles. The lowest BCUT2D eigenvalue weighted by atomic mass is 10.1. The molecule has 2 aromatic rings. The second kappa shape index (κ2) is 13.3. The molecule has 0 radical (unpaired) electrons. The van der Waals surface area contributed by atoms with Gasteiger partial charge in [-0.05, 0) is 67.6 Å². The molecule has 1 N–H and O–H groups in total. The van der Waals surface area contributed by atoms with Crippen LogP contribution in [0.3, 0.4) is 0 Å². The minimum Gasteiger partial charge on any atom is -0.492 e. The van der Waals surface area contributed by atoms with Crippen molar-refractivity contribution in [3.05, 3.63) is 58.6 Å². The number of carboxylic acid groups (broad SMARTS) is 1. The molecule has 1 unspecified atom stereocenters. The van der Waals surface area contributed by atoms with E-state index in [1.54, 1.807) is 24.0 Å². The molecule has 0 bridgehead atoms. The molecule has 0 saturated heterocycles. The van der Waals surface area contributed by atoms with E-state index >= 15 is 0 Å². The van der Waals surface area contributed by atoms with E-state index in [2.05, 4.69) is 15.9 Å². The van der Waals surface area contributed by atoms with Gasteiger partial charge in [0.05, 0.1) is 6.54 Å². The van der Waals surface area contributed by atoms with Gasteiger partial charge in [0.15, 0.2) is 6.10 Å². The Labute approximate surface area is 209 Å². The smallest absolute Gasteiger partial charge is 0.415 e. The Hall–Kier alpha value is -2.58. The van der Waals surface area contributed by atoms with Gasteiger partial charge < -0.3 is 24.2 Å². The van der Waals surface area contributed by atoms with Crippen LogP contribution in [0.1, 0.15) is 38.2 Å². The van der Waals surface area contributed by atoms with Crippen LogP contribution in [-0.2, 0) is 16.0 Å². The molecule has 0 heterocycles. The van der Waals surface area contributed by atoms with Gasteiger partial charge in [-0.3, -0.25) is 0 Å². The number of ether oxygens (including phenoxy) is 3. The Bertz CT molecular complexity index is 912. The SMILES string of the molecule is CCOC(Cc1ccc(OCCN(CC2CCCC2)C(=O)Oc2ccc(Br)cc2)cc1)C(=O)O. The van der Waals surface area contributed by atoms with Crippen molar-refractivity contribution in [1.82, 2.24) is 4.90 Å². The van der Waals surface area contributed by atoms with Gasteiger partial charge in [0.1, 0.15) is 18.1 Å². The number of hydrogen-bond donors (Lipinski definition) is 1. The zero-order valence-corrected chi connectivity index (χ0v) is 21.0. The Balaban J connectivity index is 1.54. The normalized spacial score (nSPS) is 14.5. The second-order valence-electron chi connectivity index (χ2n) is 8.40. The van der Waals surface area contributed by atoms with Crippen LogP contribution < -0.4 is 9.47 Å². The molecule has 1 amide bonds. The largest absolute Gasteiger partial charge is 0.492 e. The van der Waals surface area contributed by atoms with Crippen LogP contribution in [0.4, 0.5) is 4.79 Å². The number of carbonyl (C=O) groups is 2. The number of halogens is 1. The zero-order valence-electron chi connectivity index (χ0n) is 19.5. The zero-order chi connectivity index (χ0) is 24.3. The van der Waals surface area contributed by atoms with Crippen LogP contribution in [0.15, 0.2) is 53.0 Å². The summed E-state index contributed by atoms with van der Waals surface area (Å²) in [6.45, 7) is 3.53. The number of carbonyl (C=O) groups excluding carboxylic acids is 1. The molecule has 7 nitrogen and oxygen atoms in total. The highest BCUT2D eigenvalue weighted by molar-refractivity contribution is 9.10. The fourth-order valence-electron chi connectivity index (χ4n) is 4.06. The molecule has 0 aromatic heterocycles. The van der Waals surface area contributed by atoms with Crippen molar-refractivity contribution in [2.24, 2.45) is 5.92 Å². The second-order valence-corrected chi connectivity index (χ2v) is 9.31. The van der Waals surface area contributed by atoms with Crippen LogP contribution >= 0.6 is 15.9 Å². The molecule has 1 saturated carbocycles. The maximum absolute atomic E-state index is 12.9. The van der Waals surface area contributed by atoms with Gasteiger partial charge in [0.2, 0.25) is 0 Å². The maximum Gasteiger partial charge on any atom is 0.415 e. The first kappa shape index (κ1) is 26.0. The first-order valence-electron chi connectivity index (χ1n) is 11.7. The fourth-order valence-corrected chi connectivity index (χ4v) is 4.32. The average Bonchev–Trinajstić information content (AvgIpc) is 3.34. The number of amides is 1. The van der Waals surface area contributed by atoms with E-state index in [0.29, 0.717) is 50.1 Å². The standard InChI is InChI=1S/C26H32BrNO6/c1-2-32-24(25(29)30)17-19-7-11-22(12-8-19)33-16-15-28(18-20-5-3-4-6-20)26(31)34-23-13-9-21(27)10-14-23/h7-14,20,24H,2-6,15-18H2,1H3,(H,29,30). The third-order valence-corrected chi connectivity index (χ3v) is 6.38. The Morgan fingerprint density at radius 2 is 1.71 bits per heavy atom. The van der Waals surface area contributed by atoms with Crippen LogP contribution in [-0.4, -0.2) is 54.5 Å². The van der Waals surface area contributed by atoms with E-state index < -0.39 is 12.1 Å². The summed E-state index contributed by atoms with van der Waals surface area (Å²) < 4.78 is 17.6. The number of carboxylic acids is 1. The number of hydrogen-bond acceptors (Lipinski definition) is 5. The third-order valence-electron chi connectivity index (χ3n) is 5.85. The van der Waals surface area contributed by atoms with E-state index in [0.717, 1.165) is 22.9 Å². The van der Waals surface area contributed by atoms with Gasteiger partial charge in [0.25, 0.3) is 0 Å². The van der Waals surface area contributed by atoms with Gasteiger partial charge in [-0.15, -0.1) is 0 Å². The van der Waals surface area contributed by atoms with Crippen molar-refractivity contribution in [3.63, 3.8) is 0 Å². The van der Waals surface area contributed by atoms with Gasteiger partial charge in [-0.25, -0.2) is 9.59 Å². The summed E-state index contributed by atoms with van der Waals surface area (Å²) in [5, 5.41) is 9.25. The summed E-state index contributed by atoms with van der Waals surface area (Å²) in [5.41, 5.74) is 0.856. The van der Waals surface area contributed by atoms with Crippen molar-refractivity contribution >= 4 is 28.0 Å². The summed E-state index contributed by atoms with van der Waals surface area (Å²) >= 11 is 3.38. The molecule has 1 fully saturated rings. The van der Waals surface area contributed by atoms with Crippen LogP contribution in [0, 0.1) is 5.92 Å². The third kappa shape index (κ3) is 8.33. The van der Waals surface area contributed by atoms with Crippen molar-refractivity contribution in [1.29, 1.82) is 0 Å². The quantitative estimate of drug-likeness (QED) is 0.384. The average molecular weight is 534 g/mol. The molecule has 1 aliphatic rings. The molecule has 3 rings (SSSR count). The van der Waals surface area contributed by atoms with Crippen LogP contribution in [0.25, 0.3) is 0 Å². The maximum atomic E-state index is 12.9. The minimum absolute atomic E-state index is 0.292. The van der Waals surface area contributed by atoms with E-state index in [4.69, 9.17) is 14.2 Å². The molecule has 0 spiro atoms. The molecule has 184 valence electrons. The van der Waals surface area contributed by atoms with Gasteiger partial charge >= 0.3 is 12.1 Å². The molecule has 1 atom stereocenters. The highest BCUT2D eigenvalue weighted by atomic mass is 79.9. The molecule has 2 aromatic carbocycles. The summed E-state index contributed by atoms with van der Waals surface area (Å²) in [6, 6.07) is 14.5. The first-order chi connectivity index (χ1) is 16.4. The topological polar surface area (TPSA) is 85.3 Å². The highest BCUT2D eigenvalue weighted by Gasteiger charge is 2.23. The minimum atomic E-state index is -0.973. The number of rotatable bonds is 12. The summed E-state index contributed by atoms with van der Waals surface area (Å²) in [5.74, 6) is 0.686. The molecule has 8 heteroatoms. The fraction of sp³-hybridized carbons (Fsp3) is 0.462. The van der Waals surface area contributed by atoms with Gasteiger partial charge in [0, 0.05) is 24.0 Å². The number of aliphatic carboxylic acids is 1. The Morgan fingerprint density at radius 1 is 1.06 bits per heavy atom. The Morgan fingerprint density at radius 3 is 2.32 bits per heavy atom. The first-order valence-corrected chi connectivity index (χ1v) is 12.5. The van der Waals surface area contributed by atoms with Crippen molar-refractivity contribution in [2.45, 2.75) is 45.1 Å². The molecule has 0 aliphatic heterocycles. The highest BCUT2D eigenvalue weighted by Crippen LogP contribution is 2.26. The van der Waals surface area contributed by atoms with E-state index in [1.165, 1.54) is 12.8 Å².